The molecule has 0 spiro atoms. The number of sulfonamides is 1. The zero-order chi connectivity index (χ0) is 14.6. The quantitative estimate of drug-likeness (QED) is 0.732. The number of halogens is 2. The molecule has 1 heterocycles. The fraction of sp³-hybridized carbons (Fsp3) is 0.538. The molecular formula is C13H18FIN2O2S. The van der Waals surface area contributed by atoms with Crippen molar-refractivity contribution in [2.24, 2.45) is 0 Å². The van der Waals surface area contributed by atoms with Crippen molar-refractivity contribution in [3.8, 4) is 0 Å². The number of benzene rings is 1. The fourth-order valence-corrected chi connectivity index (χ4v) is 4.26. The number of nitrogens with one attached hydrogen (secondary N) is 2. The van der Waals surface area contributed by atoms with E-state index in [-0.39, 0.29) is 17.6 Å². The monoisotopic (exact) mass is 412 g/mol. The van der Waals surface area contributed by atoms with Crippen molar-refractivity contribution >= 4 is 38.3 Å². The van der Waals surface area contributed by atoms with Gasteiger partial charge in [0.2, 0.25) is 10.0 Å². The second-order valence-electron chi connectivity index (χ2n) is 4.98. The Balaban J connectivity index is 1.93. The molecule has 7 heteroatoms. The third-order valence-electron chi connectivity index (χ3n) is 3.34. The lowest BCUT2D eigenvalue weighted by atomic mass is 10.0. The van der Waals surface area contributed by atoms with Crippen molar-refractivity contribution in [2.45, 2.75) is 31.7 Å². The van der Waals surface area contributed by atoms with Gasteiger partial charge in [-0.15, -0.1) is 0 Å². The Morgan fingerprint density at radius 3 is 2.85 bits per heavy atom. The van der Waals surface area contributed by atoms with E-state index >= 15 is 0 Å². The zero-order valence-electron chi connectivity index (χ0n) is 11.0. The number of hydrogen-bond donors (Lipinski definition) is 2. The van der Waals surface area contributed by atoms with Crippen molar-refractivity contribution in [2.75, 3.05) is 17.0 Å². The van der Waals surface area contributed by atoms with Crippen LogP contribution in [-0.4, -0.2) is 26.8 Å². The first-order valence-electron chi connectivity index (χ1n) is 6.65. The van der Waals surface area contributed by atoms with Gasteiger partial charge in [0.25, 0.3) is 0 Å². The van der Waals surface area contributed by atoms with E-state index in [1.54, 1.807) is 0 Å². The summed E-state index contributed by atoms with van der Waals surface area (Å²) in [4.78, 5) is 0. The van der Waals surface area contributed by atoms with Gasteiger partial charge in [-0.1, -0.05) is 6.42 Å². The zero-order valence-corrected chi connectivity index (χ0v) is 14.0. The van der Waals surface area contributed by atoms with Gasteiger partial charge in [-0.25, -0.2) is 12.8 Å². The normalized spacial score (nSPS) is 19.8. The predicted molar refractivity (Wildman–Crippen MR) is 86.8 cm³/mol. The van der Waals surface area contributed by atoms with Gasteiger partial charge >= 0.3 is 0 Å². The Hall–Kier alpha value is -0.410. The molecule has 2 N–H and O–H groups in total. The van der Waals surface area contributed by atoms with E-state index in [2.05, 4.69) is 10.0 Å². The summed E-state index contributed by atoms with van der Waals surface area (Å²) in [5, 5.41) is 3.33. The molecular weight excluding hydrogens is 394 g/mol. The molecule has 112 valence electrons. The van der Waals surface area contributed by atoms with Crippen LogP contribution in [0, 0.1) is 9.39 Å². The van der Waals surface area contributed by atoms with Gasteiger partial charge < -0.3 is 5.32 Å². The van der Waals surface area contributed by atoms with E-state index in [9.17, 15) is 12.8 Å². The minimum absolute atomic E-state index is 0.0815. The standard InChI is InChI=1S/C13H18FIN2O2S/c14-10-4-5-13(12(15)9-10)17-20(18,19)8-6-11-3-1-2-7-16-11/h4-5,9,11,16-17H,1-3,6-8H2. The van der Waals surface area contributed by atoms with E-state index in [0.29, 0.717) is 15.7 Å². The van der Waals surface area contributed by atoms with Crippen LogP contribution in [0.15, 0.2) is 18.2 Å². The molecule has 1 atom stereocenters. The van der Waals surface area contributed by atoms with Crippen molar-refractivity contribution in [1.82, 2.24) is 5.32 Å². The Kier molecular flexibility index (Phi) is 5.62. The maximum absolute atomic E-state index is 13.0. The molecule has 1 aliphatic rings. The summed E-state index contributed by atoms with van der Waals surface area (Å²) in [6.07, 6.45) is 3.95. The summed E-state index contributed by atoms with van der Waals surface area (Å²) < 4.78 is 40.1. The van der Waals surface area contributed by atoms with Crippen LogP contribution in [0.2, 0.25) is 0 Å². The lowest BCUT2D eigenvalue weighted by Crippen LogP contribution is -2.36. The summed E-state index contributed by atoms with van der Waals surface area (Å²) >= 11 is 1.92. The molecule has 0 amide bonds. The van der Waals surface area contributed by atoms with Crippen LogP contribution in [0.3, 0.4) is 0 Å². The van der Waals surface area contributed by atoms with Gasteiger partial charge in [-0.3, -0.25) is 4.72 Å². The molecule has 1 fully saturated rings. The van der Waals surface area contributed by atoms with Crippen LogP contribution < -0.4 is 10.0 Å². The number of hydrogen-bond acceptors (Lipinski definition) is 3. The number of anilines is 1. The molecule has 2 rings (SSSR count). The first-order chi connectivity index (χ1) is 9.46. The largest absolute Gasteiger partial charge is 0.314 e. The Morgan fingerprint density at radius 2 is 2.20 bits per heavy atom. The smallest absolute Gasteiger partial charge is 0.232 e. The highest BCUT2D eigenvalue weighted by atomic mass is 127. The van der Waals surface area contributed by atoms with Crippen LogP contribution >= 0.6 is 22.6 Å². The lowest BCUT2D eigenvalue weighted by Gasteiger charge is -2.23. The molecule has 4 nitrogen and oxygen atoms in total. The Morgan fingerprint density at radius 1 is 1.40 bits per heavy atom. The first-order valence-corrected chi connectivity index (χ1v) is 9.38. The van der Waals surface area contributed by atoms with Gasteiger partial charge in [0.15, 0.2) is 0 Å². The number of rotatable bonds is 5. The average Bonchev–Trinajstić information content (AvgIpc) is 2.41. The maximum atomic E-state index is 13.0. The van der Waals surface area contributed by atoms with Crippen LogP contribution in [0.5, 0.6) is 0 Å². The highest BCUT2D eigenvalue weighted by Gasteiger charge is 2.18. The van der Waals surface area contributed by atoms with Crippen LogP contribution in [0.25, 0.3) is 0 Å². The first kappa shape index (κ1) is 16.0. The van der Waals surface area contributed by atoms with E-state index in [1.165, 1.54) is 18.2 Å². The molecule has 0 aliphatic carbocycles. The van der Waals surface area contributed by atoms with E-state index in [1.807, 2.05) is 22.6 Å². The molecule has 1 unspecified atom stereocenters. The molecule has 1 aromatic rings. The molecule has 0 bridgehead atoms. The van der Waals surface area contributed by atoms with Crippen molar-refractivity contribution in [3.63, 3.8) is 0 Å². The van der Waals surface area contributed by atoms with Crippen LogP contribution in [0.1, 0.15) is 25.7 Å². The van der Waals surface area contributed by atoms with E-state index < -0.39 is 10.0 Å². The molecule has 0 aromatic heterocycles. The summed E-state index contributed by atoms with van der Waals surface area (Å²) in [6.45, 7) is 0.966. The highest BCUT2D eigenvalue weighted by molar-refractivity contribution is 14.1. The summed E-state index contributed by atoms with van der Waals surface area (Å²) in [7, 11) is -3.39. The second-order valence-corrected chi connectivity index (χ2v) is 7.98. The second kappa shape index (κ2) is 7.04. The van der Waals surface area contributed by atoms with E-state index in [0.717, 1.165) is 25.8 Å². The van der Waals surface area contributed by atoms with Gasteiger partial charge in [0, 0.05) is 9.61 Å². The SMILES string of the molecule is O=S(=O)(CCC1CCCCN1)Nc1ccc(F)cc1I. The van der Waals surface area contributed by atoms with Crippen LogP contribution in [-0.2, 0) is 10.0 Å². The summed E-state index contributed by atoms with van der Waals surface area (Å²) in [5.74, 6) is -0.290. The average molecular weight is 412 g/mol. The topological polar surface area (TPSA) is 58.2 Å². The minimum Gasteiger partial charge on any atom is -0.314 e. The number of piperidine rings is 1. The molecule has 0 saturated carbocycles. The van der Waals surface area contributed by atoms with Gasteiger partial charge in [-0.2, -0.15) is 0 Å². The Bertz CT molecular complexity index is 559. The molecule has 1 aliphatic heterocycles. The van der Waals surface area contributed by atoms with Crippen LogP contribution in [0.4, 0.5) is 10.1 Å². The molecule has 0 radical (unpaired) electrons. The highest BCUT2D eigenvalue weighted by Crippen LogP contribution is 2.21. The van der Waals surface area contributed by atoms with Gasteiger partial charge in [0.1, 0.15) is 5.82 Å². The third kappa shape index (κ3) is 4.85. The lowest BCUT2D eigenvalue weighted by molar-refractivity contribution is 0.393. The molecule has 1 aromatic carbocycles. The Labute approximate surface area is 132 Å². The molecule has 20 heavy (non-hydrogen) atoms. The third-order valence-corrected chi connectivity index (χ3v) is 5.54. The maximum Gasteiger partial charge on any atom is 0.232 e. The van der Waals surface area contributed by atoms with Crippen molar-refractivity contribution < 1.29 is 12.8 Å². The van der Waals surface area contributed by atoms with Gasteiger partial charge in [-0.05, 0) is 66.6 Å². The van der Waals surface area contributed by atoms with E-state index in [4.69, 9.17) is 0 Å². The fourth-order valence-electron chi connectivity index (χ4n) is 2.26. The van der Waals surface area contributed by atoms with Crippen molar-refractivity contribution in [1.29, 1.82) is 0 Å². The molecule has 1 saturated heterocycles. The summed E-state index contributed by atoms with van der Waals surface area (Å²) in [6, 6.07) is 4.30. The minimum atomic E-state index is -3.39. The van der Waals surface area contributed by atoms with Gasteiger partial charge in [0.05, 0.1) is 11.4 Å². The summed E-state index contributed by atoms with van der Waals surface area (Å²) in [5.41, 5.74) is 0.434. The van der Waals surface area contributed by atoms with Crippen molar-refractivity contribution in [3.05, 3.63) is 27.6 Å². The predicted octanol–water partition coefficient (Wildman–Crippen LogP) is 2.70.